The molecule has 0 spiro atoms. The zero-order valence-electron chi connectivity index (χ0n) is 26.0. The van der Waals surface area contributed by atoms with E-state index in [4.69, 9.17) is 15.0 Å². The fourth-order valence-electron chi connectivity index (χ4n) is 6.54. The Morgan fingerprint density at radius 3 is 1.65 bits per heavy atom. The van der Waals surface area contributed by atoms with Crippen molar-refractivity contribution in [3.63, 3.8) is 0 Å². The van der Waals surface area contributed by atoms with Crippen LogP contribution in [-0.4, -0.2) is 32.3 Å². The molecule has 7 aromatic rings. The number of pyridine rings is 1. The zero-order chi connectivity index (χ0) is 31.5. The van der Waals surface area contributed by atoms with Gasteiger partial charge in [-0.2, -0.15) is 0 Å². The summed E-state index contributed by atoms with van der Waals surface area (Å²) in [5, 5.41) is 14.0. The second-order valence-electron chi connectivity index (χ2n) is 11.3. The molecule has 6 heteroatoms. The van der Waals surface area contributed by atoms with Crippen LogP contribution in [0.1, 0.15) is 28.1 Å². The smallest absolute Gasteiger partial charge is 0.184 e. The molecule has 6 nitrogen and oxygen atoms in total. The maximum absolute atomic E-state index is 5.87. The van der Waals surface area contributed by atoms with E-state index in [1.54, 1.807) is 7.11 Å². The molecule has 224 valence electrons. The van der Waals surface area contributed by atoms with E-state index in [0.717, 1.165) is 61.6 Å². The first-order valence-corrected chi connectivity index (χ1v) is 15.3. The average Bonchev–Trinajstić information content (AvgIpc) is 3.60. The average molecular weight is 600 g/mol. The monoisotopic (exact) mass is 599 g/mol. The van der Waals surface area contributed by atoms with Crippen LogP contribution in [0.5, 0.6) is 5.75 Å². The standard InChI is InChI=1S/C40H33N5O/c1-28-26-36(38(46-3)29(2)41-28)31-24-25-35(30-16-8-4-9-17-30)37(27-31)39-42-43-44-45(39)40(32-18-10-5-11-19-32,33-20-12-6-13-21-33)34-22-14-7-15-23-34/h4-27H,1-3H3. The number of aromatic nitrogens is 5. The Morgan fingerprint density at radius 2 is 1.11 bits per heavy atom. The van der Waals surface area contributed by atoms with Crippen molar-refractivity contribution in [1.82, 2.24) is 25.2 Å². The Bertz CT molecular complexity index is 2000. The summed E-state index contributed by atoms with van der Waals surface area (Å²) in [6, 6.07) is 50.3. The normalized spacial score (nSPS) is 11.4. The molecule has 0 bridgehead atoms. The van der Waals surface area contributed by atoms with Crippen molar-refractivity contribution in [2.24, 2.45) is 0 Å². The Hall–Kier alpha value is -5.88. The van der Waals surface area contributed by atoms with Crippen LogP contribution in [0, 0.1) is 13.8 Å². The van der Waals surface area contributed by atoms with Crippen molar-refractivity contribution < 1.29 is 4.74 Å². The summed E-state index contributed by atoms with van der Waals surface area (Å²) in [7, 11) is 1.69. The van der Waals surface area contributed by atoms with Crippen LogP contribution in [0.15, 0.2) is 146 Å². The van der Waals surface area contributed by atoms with Crippen LogP contribution in [0.3, 0.4) is 0 Å². The van der Waals surface area contributed by atoms with Crippen molar-refractivity contribution in [3.05, 3.63) is 174 Å². The van der Waals surface area contributed by atoms with Crippen LogP contribution in [0.25, 0.3) is 33.6 Å². The van der Waals surface area contributed by atoms with Gasteiger partial charge in [-0.15, -0.1) is 5.10 Å². The van der Waals surface area contributed by atoms with Crippen molar-refractivity contribution in [2.45, 2.75) is 19.4 Å². The SMILES string of the molecule is COc1c(-c2ccc(-c3ccccc3)c(-c3nnnn3C(c3ccccc3)(c3ccccc3)c3ccccc3)c2)cc(C)nc1C. The lowest BCUT2D eigenvalue weighted by molar-refractivity contribution is 0.410. The molecule has 46 heavy (non-hydrogen) atoms. The molecule has 0 saturated heterocycles. The highest BCUT2D eigenvalue weighted by molar-refractivity contribution is 5.86. The molecule has 0 radical (unpaired) electrons. The molecule has 0 aliphatic rings. The number of benzene rings is 5. The predicted molar refractivity (Wildman–Crippen MR) is 183 cm³/mol. The third-order valence-electron chi connectivity index (χ3n) is 8.49. The lowest BCUT2D eigenvalue weighted by Gasteiger charge is -2.36. The lowest BCUT2D eigenvalue weighted by atomic mass is 9.76. The number of methoxy groups -OCH3 is 1. The third-order valence-corrected chi connectivity index (χ3v) is 8.49. The van der Waals surface area contributed by atoms with Gasteiger partial charge in [-0.3, -0.25) is 4.98 Å². The van der Waals surface area contributed by atoms with Crippen LogP contribution >= 0.6 is 0 Å². The summed E-state index contributed by atoms with van der Waals surface area (Å²) in [6.07, 6.45) is 0. The first kappa shape index (κ1) is 28.9. The largest absolute Gasteiger partial charge is 0.494 e. The molecule has 0 N–H and O–H groups in total. The molecule has 0 fully saturated rings. The van der Waals surface area contributed by atoms with E-state index in [-0.39, 0.29) is 0 Å². The molecule has 2 heterocycles. The molecular formula is C40H33N5O. The number of aryl methyl sites for hydroxylation is 2. The van der Waals surface area contributed by atoms with Gasteiger partial charge in [0.2, 0.25) is 0 Å². The summed E-state index contributed by atoms with van der Waals surface area (Å²) >= 11 is 0. The van der Waals surface area contributed by atoms with E-state index < -0.39 is 5.54 Å². The predicted octanol–water partition coefficient (Wildman–Crippen LogP) is 8.53. The summed E-state index contributed by atoms with van der Waals surface area (Å²) < 4.78 is 7.86. The first-order chi connectivity index (χ1) is 22.6. The van der Waals surface area contributed by atoms with Gasteiger partial charge in [0.05, 0.1) is 12.8 Å². The first-order valence-electron chi connectivity index (χ1n) is 15.3. The fraction of sp³-hybridized carbons (Fsp3) is 0.100. The summed E-state index contributed by atoms with van der Waals surface area (Å²) in [4.78, 5) is 4.65. The van der Waals surface area contributed by atoms with Crippen molar-refractivity contribution in [1.29, 1.82) is 0 Å². The second kappa shape index (κ2) is 12.3. The Morgan fingerprint density at radius 1 is 0.565 bits per heavy atom. The minimum Gasteiger partial charge on any atom is -0.494 e. The number of hydrogen-bond acceptors (Lipinski definition) is 5. The van der Waals surface area contributed by atoms with E-state index in [2.05, 4.69) is 132 Å². The summed E-state index contributed by atoms with van der Waals surface area (Å²) in [6.45, 7) is 3.98. The molecule has 7 rings (SSSR count). The lowest BCUT2D eigenvalue weighted by Crippen LogP contribution is -2.39. The van der Waals surface area contributed by atoms with E-state index in [0.29, 0.717) is 5.82 Å². The second-order valence-corrected chi connectivity index (χ2v) is 11.3. The number of tetrazole rings is 1. The number of ether oxygens (including phenoxy) is 1. The number of nitrogens with zero attached hydrogens (tertiary/aromatic N) is 5. The molecule has 0 amide bonds. The Labute approximate surface area is 269 Å². The van der Waals surface area contributed by atoms with Crippen molar-refractivity contribution in [3.8, 4) is 39.4 Å². The van der Waals surface area contributed by atoms with Gasteiger partial charge in [-0.1, -0.05) is 133 Å². The Kier molecular flexibility index (Phi) is 7.69. The van der Waals surface area contributed by atoms with Gasteiger partial charge in [-0.05, 0) is 69.8 Å². The fourth-order valence-corrected chi connectivity index (χ4v) is 6.54. The van der Waals surface area contributed by atoms with Crippen LogP contribution in [0.4, 0.5) is 0 Å². The maximum Gasteiger partial charge on any atom is 0.184 e. The maximum atomic E-state index is 5.87. The molecule has 2 aromatic heterocycles. The van der Waals surface area contributed by atoms with Gasteiger partial charge in [0.1, 0.15) is 11.3 Å². The molecule has 5 aromatic carbocycles. The van der Waals surface area contributed by atoms with Crippen molar-refractivity contribution in [2.75, 3.05) is 7.11 Å². The van der Waals surface area contributed by atoms with E-state index in [9.17, 15) is 0 Å². The van der Waals surface area contributed by atoms with Crippen molar-refractivity contribution >= 4 is 0 Å². The minimum absolute atomic E-state index is 0.638. The highest BCUT2D eigenvalue weighted by Gasteiger charge is 2.42. The van der Waals surface area contributed by atoms with E-state index in [1.165, 1.54) is 0 Å². The molecule has 0 atom stereocenters. The van der Waals surface area contributed by atoms with Gasteiger partial charge in [0.15, 0.2) is 5.82 Å². The summed E-state index contributed by atoms with van der Waals surface area (Å²) in [5.41, 5.74) is 8.94. The minimum atomic E-state index is -0.881. The quantitative estimate of drug-likeness (QED) is 0.164. The molecule has 0 aliphatic heterocycles. The molecular weight excluding hydrogens is 566 g/mol. The van der Waals surface area contributed by atoms with Gasteiger partial charge < -0.3 is 4.74 Å². The van der Waals surface area contributed by atoms with E-state index in [1.807, 2.05) is 42.8 Å². The Balaban J connectivity index is 1.58. The number of rotatable bonds is 8. The van der Waals surface area contributed by atoms with Gasteiger partial charge in [-0.25, -0.2) is 4.68 Å². The zero-order valence-corrected chi connectivity index (χ0v) is 26.0. The highest BCUT2D eigenvalue weighted by atomic mass is 16.5. The van der Waals surface area contributed by atoms with Crippen LogP contribution in [-0.2, 0) is 5.54 Å². The summed E-state index contributed by atoms with van der Waals surface area (Å²) in [5.74, 6) is 1.38. The van der Waals surface area contributed by atoms with Gasteiger partial charge in [0, 0.05) is 16.8 Å². The molecule has 0 unspecified atom stereocenters. The number of hydrogen-bond donors (Lipinski definition) is 0. The molecule has 0 aliphatic carbocycles. The van der Waals surface area contributed by atoms with Gasteiger partial charge in [0.25, 0.3) is 0 Å². The van der Waals surface area contributed by atoms with Crippen LogP contribution in [0.2, 0.25) is 0 Å². The third kappa shape index (κ3) is 4.94. The molecule has 0 saturated carbocycles. The highest BCUT2D eigenvalue weighted by Crippen LogP contribution is 2.44. The topological polar surface area (TPSA) is 65.7 Å². The van der Waals surface area contributed by atoms with E-state index >= 15 is 0 Å². The van der Waals surface area contributed by atoms with Gasteiger partial charge >= 0.3 is 0 Å². The van der Waals surface area contributed by atoms with Crippen LogP contribution < -0.4 is 4.74 Å².